The number of ether oxygens (including phenoxy) is 2. The largest absolute Gasteiger partial charge is 0.394 e. The lowest BCUT2D eigenvalue weighted by atomic mass is 9.87. The molecule has 0 aliphatic carbocycles. The molecule has 0 amide bonds. The van der Waals surface area contributed by atoms with Crippen LogP contribution < -0.4 is 0 Å². The fourth-order valence-corrected chi connectivity index (χ4v) is 11.5. The first-order valence-electron chi connectivity index (χ1n) is 34.3. The predicted molar refractivity (Wildman–Crippen MR) is 363 cm³/mol. The maximum atomic E-state index is 11.2. The van der Waals surface area contributed by atoms with Crippen molar-refractivity contribution in [2.75, 3.05) is 6.61 Å². The van der Waals surface area contributed by atoms with Crippen molar-refractivity contribution in [2.24, 2.45) is 5.92 Å². The number of unbranched alkanes of at least 4 members (excludes halogenated alkanes) is 2. The summed E-state index contributed by atoms with van der Waals surface area (Å²) in [4.78, 5) is 0. The molecule has 0 bridgehead atoms. The van der Waals surface area contributed by atoms with Gasteiger partial charge >= 0.3 is 0 Å². The zero-order valence-corrected chi connectivity index (χ0v) is 56.3. The van der Waals surface area contributed by atoms with Gasteiger partial charge in [0, 0.05) is 19.3 Å². The Labute approximate surface area is 567 Å². The summed E-state index contributed by atoms with van der Waals surface area (Å²) in [6.45, 7) is 10.3. The minimum absolute atomic E-state index is 0.000815. The highest BCUT2D eigenvalue weighted by Crippen LogP contribution is 2.32. The Kier molecular flexibility index (Phi) is 46.0. The molecule has 26 unspecified atom stereocenters. The summed E-state index contributed by atoms with van der Waals surface area (Å²) in [6.07, 6.45) is -0.125. The summed E-state index contributed by atoms with van der Waals surface area (Å²) >= 11 is 0. The van der Waals surface area contributed by atoms with Crippen molar-refractivity contribution in [1.29, 1.82) is 0 Å². The lowest BCUT2D eigenvalue weighted by molar-refractivity contribution is -0.234. The summed E-state index contributed by atoms with van der Waals surface area (Å²) < 4.78 is 11.6. The molecule has 554 valence electrons. The van der Waals surface area contributed by atoms with Crippen molar-refractivity contribution in [3.8, 4) is 0 Å². The summed E-state index contributed by atoms with van der Waals surface area (Å²) in [7, 11) is 0. The average molecular weight is 1370 g/mol. The number of hydrogen-bond acceptors (Lipinski definition) is 24. The summed E-state index contributed by atoms with van der Waals surface area (Å²) in [5.74, 6) is -0.710. The van der Waals surface area contributed by atoms with Crippen LogP contribution in [0, 0.1) is 5.92 Å². The van der Waals surface area contributed by atoms with E-state index in [1.807, 2.05) is 42.5 Å². The lowest BCUT2D eigenvalue weighted by Gasteiger charge is -2.42. The molecule has 22 N–H and O–H groups in total. The number of aliphatic hydroxyl groups is 22. The molecule has 0 saturated carbocycles. The Bertz CT molecular complexity index is 2310. The smallest absolute Gasteiger partial charge is 0.115 e. The van der Waals surface area contributed by atoms with E-state index in [1.54, 1.807) is 44.2 Å². The van der Waals surface area contributed by atoms with Crippen LogP contribution in [-0.2, 0) is 9.47 Å². The Hall–Kier alpha value is -3.56. The van der Waals surface area contributed by atoms with Gasteiger partial charge in [0.05, 0.1) is 98.2 Å². The van der Waals surface area contributed by atoms with E-state index in [2.05, 4.69) is 19.2 Å². The van der Waals surface area contributed by atoms with E-state index in [1.165, 1.54) is 18.2 Å². The average Bonchev–Trinajstić information content (AvgIpc) is 0.836. The predicted octanol–water partition coefficient (Wildman–Crippen LogP) is 1.28. The number of hydrogen-bond donors (Lipinski definition) is 22. The van der Waals surface area contributed by atoms with E-state index in [-0.39, 0.29) is 82.8 Å². The van der Waals surface area contributed by atoms with E-state index < -0.39 is 159 Å². The van der Waals surface area contributed by atoms with Gasteiger partial charge in [0.1, 0.15) is 61.0 Å². The van der Waals surface area contributed by atoms with Gasteiger partial charge in [-0.25, -0.2) is 0 Å². The normalized spacial score (nSPS) is 26.8. The molecule has 2 heterocycles. The molecule has 2 aliphatic rings. The van der Waals surface area contributed by atoms with Crippen molar-refractivity contribution in [3.63, 3.8) is 0 Å². The quantitative estimate of drug-likeness (QED) is 0.0232. The van der Waals surface area contributed by atoms with Crippen molar-refractivity contribution >= 4 is 0 Å². The van der Waals surface area contributed by atoms with Crippen LogP contribution in [0.1, 0.15) is 162 Å². The Morgan fingerprint density at radius 2 is 0.990 bits per heavy atom. The molecule has 26 atom stereocenters. The van der Waals surface area contributed by atoms with E-state index >= 15 is 0 Å². The first-order chi connectivity index (χ1) is 45.5. The zero-order chi connectivity index (χ0) is 71.9. The number of rotatable bonds is 51. The zero-order valence-electron chi connectivity index (χ0n) is 56.3. The number of aliphatic hydroxyl groups excluding tert-OH is 22. The molecule has 96 heavy (non-hydrogen) atoms. The molecule has 2 rings (SSSR count). The van der Waals surface area contributed by atoms with Crippen LogP contribution in [-0.4, -0.2) is 272 Å². The minimum Gasteiger partial charge on any atom is -0.394 e. The van der Waals surface area contributed by atoms with Gasteiger partial charge in [-0.3, -0.25) is 0 Å². The Morgan fingerprint density at radius 3 is 1.57 bits per heavy atom. The highest BCUT2D eigenvalue weighted by atomic mass is 16.6. The van der Waals surface area contributed by atoms with Crippen LogP contribution >= 0.6 is 0 Å². The highest BCUT2D eigenvalue weighted by Gasteiger charge is 2.47. The third-order valence-corrected chi connectivity index (χ3v) is 17.7. The van der Waals surface area contributed by atoms with Crippen LogP contribution in [0.2, 0.25) is 0 Å². The summed E-state index contributed by atoms with van der Waals surface area (Å²) in [6, 6.07) is 0. The fourth-order valence-electron chi connectivity index (χ4n) is 11.5. The van der Waals surface area contributed by atoms with Crippen LogP contribution in [0.5, 0.6) is 0 Å². The molecule has 0 aromatic rings. The molecule has 24 heteroatoms. The first-order valence-corrected chi connectivity index (χ1v) is 34.3. The maximum Gasteiger partial charge on any atom is 0.115 e. The van der Waals surface area contributed by atoms with Gasteiger partial charge < -0.3 is 122 Å². The molecular formula is C72H122O24. The van der Waals surface area contributed by atoms with Crippen molar-refractivity contribution in [1.82, 2.24) is 0 Å². The van der Waals surface area contributed by atoms with Gasteiger partial charge in [-0.05, 0) is 147 Å². The fraction of sp³-hybridized carbons (Fsp3) is 0.722. The Balaban J connectivity index is 1.76. The van der Waals surface area contributed by atoms with Gasteiger partial charge in [-0.15, -0.1) is 0 Å². The van der Waals surface area contributed by atoms with Crippen molar-refractivity contribution < 1.29 is 122 Å². The second-order valence-electron chi connectivity index (χ2n) is 26.3. The summed E-state index contributed by atoms with van der Waals surface area (Å²) in [5, 5.41) is 233. The second kappa shape index (κ2) is 49.9. The molecule has 0 aromatic carbocycles. The molecule has 2 saturated heterocycles. The third-order valence-electron chi connectivity index (χ3n) is 17.7. The lowest BCUT2D eigenvalue weighted by Crippen LogP contribution is -2.59. The number of allylic oxidation sites excluding steroid dienone is 11. The van der Waals surface area contributed by atoms with Gasteiger partial charge in [-0.2, -0.15) is 0 Å². The molecular weight excluding hydrogens is 1250 g/mol. The summed E-state index contributed by atoms with van der Waals surface area (Å²) in [5.41, 5.74) is 0.467. The topological polar surface area (TPSA) is 464 Å². The second-order valence-corrected chi connectivity index (χ2v) is 26.3. The van der Waals surface area contributed by atoms with Gasteiger partial charge in [-0.1, -0.05) is 123 Å². The van der Waals surface area contributed by atoms with Gasteiger partial charge in [0.2, 0.25) is 0 Å². The maximum absolute atomic E-state index is 11.2. The first kappa shape index (κ1) is 88.5. The molecule has 0 aromatic heterocycles. The molecule has 24 nitrogen and oxygen atoms in total. The van der Waals surface area contributed by atoms with Gasteiger partial charge in [0.25, 0.3) is 0 Å². The van der Waals surface area contributed by atoms with Crippen molar-refractivity contribution in [2.45, 2.75) is 314 Å². The van der Waals surface area contributed by atoms with E-state index in [9.17, 15) is 107 Å². The van der Waals surface area contributed by atoms with Crippen molar-refractivity contribution in [3.05, 3.63) is 122 Å². The molecule has 0 radical (unpaired) electrons. The van der Waals surface area contributed by atoms with Gasteiger partial charge in [0.15, 0.2) is 0 Å². The van der Waals surface area contributed by atoms with Crippen LogP contribution in [0.4, 0.5) is 0 Å². The van der Waals surface area contributed by atoms with E-state index in [0.717, 1.165) is 12.8 Å². The molecule has 2 fully saturated rings. The SMILES string of the molecule is C=C/C=C/CC/C=C/C=C/C=C/CC/C=C/C(O)C(O)C1OC(C(O)C(O)C(=C)CCC(O)C2CC(O)C(O)C(C(O)C(O)/C=C(\C)CCC(O)CC(O)C(O)C(C)CC(O)C(O)CCCC(O)CCCC(O)CCCC(O)/C=C/CC(O)/C=C/CC(O)CO)O2)CC(O)C1O. The van der Waals surface area contributed by atoms with Crippen LogP contribution in [0.25, 0.3) is 0 Å². The Morgan fingerprint density at radius 1 is 0.479 bits per heavy atom. The highest BCUT2D eigenvalue weighted by molar-refractivity contribution is 5.13. The molecule has 2 aliphatic heterocycles. The monoisotopic (exact) mass is 1370 g/mol. The van der Waals surface area contributed by atoms with E-state index in [0.29, 0.717) is 69.8 Å². The molecule has 0 spiro atoms. The minimum atomic E-state index is -1.84. The van der Waals surface area contributed by atoms with Crippen LogP contribution in [0.3, 0.4) is 0 Å². The van der Waals surface area contributed by atoms with E-state index in [4.69, 9.17) is 14.6 Å². The standard InChI is InChI=1S/C72H122O24/c1-5-6-7-8-9-10-11-12-13-14-15-16-17-18-33-56(82)66(90)71-69(93)61(87)43-63(96-71)70(94)65(89)46(3)36-38-55(81)62-42-60(86)68(92)72(95-62)67(91)58(84)39-45(2)35-37-52(78)41-59(85)64(88)47(4)40-57(83)54(80)34-23-31-51(77)29-21-27-49(75)25-19-24-48(74)26-20-28-50(76)30-22-32-53(79)44-73/h5-7,10-15,18,20,22,26,30,33,39,47-94H,1,3,8-9,16-17,19,21,23-25,27-29,31-32,34-38,40-44H2,2,4H3/b7-6+,11-10+,13-12+,15-14+,26-20+,30-22+,33-18+,45-39+. The van der Waals surface area contributed by atoms with Crippen LogP contribution in [0.15, 0.2) is 122 Å². The third kappa shape index (κ3) is 35.7.